The molecule has 1 saturated heterocycles. The van der Waals surface area contributed by atoms with E-state index >= 15 is 0 Å². The Balaban J connectivity index is 2.17. The number of rotatable bonds is 3. The molecule has 18 heavy (non-hydrogen) atoms. The average Bonchev–Trinajstić information content (AvgIpc) is 2.82. The molecule has 1 aliphatic heterocycles. The Bertz CT molecular complexity index is 453. The van der Waals surface area contributed by atoms with Gasteiger partial charge >= 0.3 is 0 Å². The van der Waals surface area contributed by atoms with E-state index in [-0.39, 0.29) is 5.91 Å². The summed E-state index contributed by atoms with van der Waals surface area (Å²) in [5.41, 5.74) is 6.87. The van der Waals surface area contributed by atoms with Gasteiger partial charge in [-0.15, -0.1) is 11.3 Å². The molecule has 1 amide bonds. The quantitative estimate of drug-likeness (QED) is 0.883. The minimum Gasteiger partial charge on any atom is -0.397 e. The topological polar surface area (TPSA) is 58.4 Å². The number of carbonyl (C=O) groups is 1. The summed E-state index contributed by atoms with van der Waals surface area (Å²) < 4.78 is 0. The van der Waals surface area contributed by atoms with Gasteiger partial charge in [0.05, 0.1) is 10.7 Å². The lowest BCUT2D eigenvalue weighted by atomic mass is 9.93. The first kappa shape index (κ1) is 13.2. The molecule has 3 N–H and O–H groups in total. The van der Waals surface area contributed by atoms with Crippen LogP contribution in [0.1, 0.15) is 36.9 Å². The number of nitrogens with one attached hydrogen (secondary N) is 1. The molecule has 0 radical (unpaired) electrons. The van der Waals surface area contributed by atoms with Crippen LogP contribution in [0.2, 0.25) is 0 Å². The molecule has 1 aromatic heterocycles. The molecule has 0 unspecified atom stereocenters. The molecule has 2 rings (SSSR count). The van der Waals surface area contributed by atoms with Crippen LogP contribution in [0.15, 0.2) is 6.07 Å². The highest BCUT2D eigenvalue weighted by Crippen LogP contribution is 2.38. The van der Waals surface area contributed by atoms with Crippen molar-refractivity contribution in [3.8, 4) is 0 Å². The van der Waals surface area contributed by atoms with Gasteiger partial charge in [-0.2, -0.15) is 0 Å². The van der Waals surface area contributed by atoms with Crippen molar-refractivity contribution in [1.82, 2.24) is 5.32 Å². The zero-order chi connectivity index (χ0) is 13.3. The van der Waals surface area contributed by atoms with Crippen molar-refractivity contribution in [3.05, 3.63) is 10.9 Å². The summed E-state index contributed by atoms with van der Waals surface area (Å²) in [5.74, 6) is -0.0651. The van der Waals surface area contributed by atoms with Crippen molar-refractivity contribution in [2.24, 2.45) is 5.41 Å². The summed E-state index contributed by atoms with van der Waals surface area (Å²) in [7, 11) is 0. The number of hydrogen-bond donors (Lipinski definition) is 2. The van der Waals surface area contributed by atoms with E-state index in [1.807, 2.05) is 13.0 Å². The first-order valence-corrected chi connectivity index (χ1v) is 7.17. The molecule has 0 spiro atoms. The van der Waals surface area contributed by atoms with Crippen molar-refractivity contribution in [3.63, 3.8) is 0 Å². The molecule has 0 aromatic carbocycles. The Morgan fingerprint density at radius 1 is 1.61 bits per heavy atom. The molecule has 2 heterocycles. The SMILES string of the molecule is CCNC(=O)c1sc(N2CCC(C)(C)C2)cc1N. The summed E-state index contributed by atoms with van der Waals surface area (Å²) >= 11 is 1.49. The van der Waals surface area contributed by atoms with E-state index in [0.29, 0.717) is 22.5 Å². The number of carbonyl (C=O) groups excluding carboxylic acids is 1. The normalized spacial score (nSPS) is 18.1. The highest BCUT2D eigenvalue weighted by atomic mass is 32.1. The third kappa shape index (κ3) is 2.61. The maximum absolute atomic E-state index is 11.8. The summed E-state index contributed by atoms with van der Waals surface area (Å²) in [4.78, 5) is 14.8. The molecular formula is C13H21N3OS. The predicted molar refractivity (Wildman–Crippen MR) is 77.3 cm³/mol. The number of nitrogen functional groups attached to an aromatic ring is 1. The zero-order valence-corrected chi connectivity index (χ0v) is 12.1. The Labute approximate surface area is 112 Å². The van der Waals surface area contributed by atoms with Crippen LogP contribution < -0.4 is 16.0 Å². The van der Waals surface area contributed by atoms with Gasteiger partial charge in [0.15, 0.2) is 0 Å². The second kappa shape index (κ2) is 4.80. The third-order valence-corrected chi connectivity index (χ3v) is 4.49. The second-order valence-corrected chi connectivity index (χ2v) is 6.59. The fraction of sp³-hybridized carbons (Fsp3) is 0.615. The van der Waals surface area contributed by atoms with E-state index in [0.717, 1.165) is 18.1 Å². The van der Waals surface area contributed by atoms with E-state index in [9.17, 15) is 4.79 Å². The lowest BCUT2D eigenvalue weighted by Gasteiger charge is -2.19. The number of thiophene rings is 1. The highest BCUT2D eigenvalue weighted by molar-refractivity contribution is 7.18. The van der Waals surface area contributed by atoms with Crippen LogP contribution in [0.3, 0.4) is 0 Å². The van der Waals surface area contributed by atoms with Gasteiger partial charge in [0, 0.05) is 19.6 Å². The largest absolute Gasteiger partial charge is 0.397 e. The summed E-state index contributed by atoms with van der Waals surface area (Å²) in [6.07, 6.45) is 1.18. The Morgan fingerprint density at radius 3 is 2.89 bits per heavy atom. The van der Waals surface area contributed by atoms with Crippen LogP contribution in [0.25, 0.3) is 0 Å². The van der Waals surface area contributed by atoms with Gasteiger partial charge in [0.2, 0.25) is 0 Å². The number of nitrogens with two attached hydrogens (primary N) is 1. The minimum atomic E-state index is -0.0651. The molecule has 100 valence electrons. The van der Waals surface area contributed by atoms with E-state index in [1.54, 1.807) is 0 Å². The van der Waals surface area contributed by atoms with E-state index in [4.69, 9.17) is 5.73 Å². The van der Waals surface area contributed by atoms with E-state index in [1.165, 1.54) is 17.8 Å². The van der Waals surface area contributed by atoms with Crippen molar-refractivity contribution in [2.45, 2.75) is 27.2 Å². The van der Waals surface area contributed by atoms with Crippen LogP contribution >= 0.6 is 11.3 Å². The highest BCUT2D eigenvalue weighted by Gasteiger charge is 2.30. The second-order valence-electron chi connectivity index (χ2n) is 5.56. The monoisotopic (exact) mass is 267 g/mol. The maximum atomic E-state index is 11.8. The third-order valence-electron chi connectivity index (χ3n) is 3.28. The molecule has 0 saturated carbocycles. The standard InChI is InChI=1S/C13H21N3OS/c1-4-15-12(17)11-9(14)7-10(18-11)16-6-5-13(2,3)8-16/h7H,4-6,8,14H2,1-3H3,(H,15,17). The van der Waals surface area contributed by atoms with Crippen LogP contribution in [-0.2, 0) is 0 Å². The van der Waals surface area contributed by atoms with Gasteiger partial charge in [0.1, 0.15) is 4.88 Å². The molecule has 1 aromatic rings. The zero-order valence-electron chi connectivity index (χ0n) is 11.2. The van der Waals surface area contributed by atoms with Gasteiger partial charge in [-0.1, -0.05) is 13.8 Å². The van der Waals surface area contributed by atoms with E-state index < -0.39 is 0 Å². The number of amides is 1. The minimum absolute atomic E-state index is 0.0651. The molecule has 4 nitrogen and oxygen atoms in total. The van der Waals surface area contributed by atoms with Crippen molar-refractivity contribution in [1.29, 1.82) is 0 Å². The Morgan fingerprint density at radius 2 is 2.33 bits per heavy atom. The molecule has 1 fully saturated rings. The van der Waals surface area contributed by atoms with Crippen molar-refractivity contribution < 1.29 is 4.79 Å². The van der Waals surface area contributed by atoms with Crippen LogP contribution in [0.5, 0.6) is 0 Å². The van der Waals surface area contributed by atoms with Gasteiger partial charge in [-0.05, 0) is 24.8 Å². The predicted octanol–water partition coefficient (Wildman–Crippen LogP) is 2.32. The lowest BCUT2D eigenvalue weighted by molar-refractivity contribution is 0.0960. The van der Waals surface area contributed by atoms with Gasteiger partial charge in [-0.3, -0.25) is 4.79 Å². The van der Waals surface area contributed by atoms with Crippen LogP contribution in [0, 0.1) is 5.41 Å². The van der Waals surface area contributed by atoms with Gasteiger partial charge < -0.3 is 16.0 Å². The van der Waals surface area contributed by atoms with Gasteiger partial charge in [-0.25, -0.2) is 0 Å². The van der Waals surface area contributed by atoms with Crippen LogP contribution in [0.4, 0.5) is 10.7 Å². The molecular weight excluding hydrogens is 246 g/mol. The summed E-state index contributed by atoms with van der Waals surface area (Å²) in [5, 5.41) is 3.91. The molecule has 0 bridgehead atoms. The van der Waals surface area contributed by atoms with E-state index in [2.05, 4.69) is 24.1 Å². The fourth-order valence-corrected chi connectivity index (χ4v) is 3.29. The van der Waals surface area contributed by atoms with Crippen molar-refractivity contribution in [2.75, 3.05) is 30.3 Å². The smallest absolute Gasteiger partial charge is 0.263 e. The first-order valence-electron chi connectivity index (χ1n) is 6.35. The number of hydrogen-bond acceptors (Lipinski definition) is 4. The first-order chi connectivity index (χ1) is 8.43. The number of nitrogens with zero attached hydrogens (tertiary/aromatic N) is 1. The summed E-state index contributed by atoms with van der Waals surface area (Å²) in [6.45, 7) is 9.15. The van der Waals surface area contributed by atoms with Gasteiger partial charge in [0.25, 0.3) is 5.91 Å². The molecule has 1 aliphatic rings. The van der Waals surface area contributed by atoms with Crippen LogP contribution in [-0.4, -0.2) is 25.5 Å². The number of anilines is 2. The summed E-state index contributed by atoms with van der Waals surface area (Å²) in [6, 6.07) is 1.93. The molecule has 5 heteroatoms. The molecule has 0 atom stereocenters. The molecule has 0 aliphatic carbocycles. The Kier molecular flexibility index (Phi) is 3.52. The lowest BCUT2D eigenvalue weighted by Crippen LogP contribution is -2.22. The fourth-order valence-electron chi connectivity index (χ4n) is 2.27. The Hall–Kier alpha value is -1.23. The maximum Gasteiger partial charge on any atom is 0.263 e. The van der Waals surface area contributed by atoms with Crippen molar-refractivity contribution >= 4 is 27.9 Å². The average molecular weight is 267 g/mol.